The number of aliphatic hydroxyl groups excluding tert-OH is 1. The van der Waals surface area contributed by atoms with Crippen LogP contribution in [-0.4, -0.2) is 28.8 Å². The summed E-state index contributed by atoms with van der Waals surface area (Å²) in [5.41, 5.74) is 1.35. The molecule has 2 atom stereocenters. The highest BCUT2D eigenvalue weighted by molar-refractivity contribution is 5.91. The number of aromatic nitrogens is 1. The van der Waals surface area contributed by atoms with E-state index in [0.717, 1.165) is 5.56 Å². The molecule has 0 spiro atoms. The molecule has 0 radical (unpaired) electrons. The molecule has 0 aliphatic heterocycles. The van der Waals surface area contributed by atoms with Crippen LogP contribution in [0.4, 0.5) is 0 Å². The molecular formula is C15H18N2O3. The van der Waals surface area contributed by atoms with Gasteiger partial charge in [-0.2, -0.15) is 0 Å². The molecule has 2 N–H and O–H groups in total. The van der Waals surface area contributed by atoms with Crippen LogP contribution >= 0.6 is 0 Å². The lowest BCUT2D eigenvalue weighted by Gasteiger charge is -2.19. The van der Waals surface area contributed by atoms with Crippen LogP contribution in [0.1, 0.15) is 35.3 Å². The number of carbonyl (C=O) groups excluding carboxylic acids is 1. The van der Waals surface area contributed by atoms with Gasteiger partial charge in [-0.1, -0.05) is 35.5 Å². The normalized spacial score (nSPS) is 13.7. The summed E-state index contributed by atoms with van der Waals surface area (Å²) in [4.78, 5) is 11.8. The summed E-state index contributed by atoms with van der Waals surface area (Å²) in [6.45, 7) is 2.19. The van der Waals surface area contributed by atoms with Crippen LogP contribution in [-0.2, 0) is 0 Å². The highest BCUT2D eigenvalue weighted by Crippen LogP contribution is 2.20. The van der Waals surface area contributed by atoms with E-state index in [4.69, 9.17) is 0 Å². The van der Waals surface area contributed by atoms with Crippen LogP contribution in [0.15, 0.2) is 47.2 Å². The van der Waals surface area contributed by atoms with Gasteiger partial charge in [-0.3, -0.25) is 4.79 Å². The first-order valence-electron chi connectivity index (χ1n) is 6.58. The number of aliphatic hydroxyl groups is 1. The highest BCUT2D eigenvalue weighted by Gasteiger charge is 2.16. The zero-order valence-corrected chi connectivity index (χ0v) is 11.3. The Bertz CT molecular complexity index is 523. The summed E-state index contributed by atoms with van der Waals surface area (Å²) in [5.74, 6) is -0.211. The maximum Gasteiger partial charge on any atom is 0.273 e. The second kappa shape index (κ2) is 6.86. The van der Waals surface area contributed by atoms with Crippen LogP contribution in [0.5, 0.6) is 0 Å². The van der Waals surface area contributed by atoms with Gasteiger partial charge in [-0.15, -0.1) is 0 Å². The maximum absolute atomic E-state index is 11.8. The molecule has 5 heteroatoms. The summed E-state index contributed by atoms with van der Waals surface area (Å²) in [5, 5.41) is 16.0. The van der Waals surface area contributed by atoms with Gasteiger partial charge in [0.1, 0.15) is 6.26 Å². The quantitative estimate of drug-likeness (QED) is 0.844. The second-order valence-electron chi connectivity index (χ2n) is 4.79. The molecule has 1 aromatic heterocycles. The Morgan fingerprint density at radius 1 is 1.35 bits per heavy atom. The predicted molar refractivity (Wildman–Crippen MR) is 74.3 cm³/mol. The van der Waals surface area contributed by atoms with Crippen molar-refractivity contribution in [3.05, 3.63) is 53.9 Å². The van der Waals surface area contributed by atoms with Crippen molar-refractivity contribution in [1.29, 1.82) is 0 Å². The van der Waals surface area contributed by atoms with Crippen LogP contribution in [0.2, 0.25) is 0 Å². The smallest absolute Gasteiger partial charge is 0.273 e. The van der Waals surface area contributed by atoms with Gasteiger partial charge < -0.3 is 14.9 Å². The molecular weight excluding hydrogens is 256 g/mol. The molecule has 106 valence electrons. The average Bonchev–Trinajstić information content (AvgIpc) is 2.98. The Hall–Kier alpha value is -2.14. The van der Waals surface area contributed by atoms with E-state index in [0.29, 0.717) is 13.0 Å². The Morgan fingerprint density at radius 2 is 2.10 bits per heavy atom. The van der Waals surface area contributed by atoms with Crippen LogP contribution in [0.3, 0.4) is 0 Å². The molecule has 0 saturated heterocycles. The zero-order chi connectivity index (χ0) is 14.4. The average molecular weight is 274 g/mol. The van der Waals surface area contributed by atoms with E-state index < -0.39 is 6.10 Å². The number of rotatable bonds is 6. The number of amides is 1. The fraction of sp³-hybridized carbons (Fsp3) is 0.333. The number of nitrogens with one attached hydrogen (secondary N) is 1. The van der Waals surface area contributed by atoms with Gasteiger partial charge in [0, 0.05) is 18.5 Å². The summed E-state index contributed by atoms with van der Waals surface area (Å²) in [6, 6.07) is 11.3. The van der Waals surface area contributed by atoms with Crippen LogP contribution in [0.25, 0.3) is 0 Å². The first-order valence-corrected chi connectivity index (χ1v) is 6.58. The molecule has 0 unspecified atom stereocenters. The van der Waals surface area contributed by atoms with E-state index in [1.54, 1.807) is 6.92 Å². The third-order valence-electron chi connectivity index (χ3n) is 3.08. The predicted octanol–water partition coefficient (Wildman–Crippen LogP) is 1.96. The minimum absolute atomic E-state index is 0.0621. The van der Waals surface area contributed by atoms with Gasteiger partial charge in [-0.05, 0) is 18.9 Å². The van der Waals surface area contributed by atoms with Crippen molar-refractivity contribution >= 4 is 5.91 Å². The summed E-state index contributed by atoms with van der Waals surface area (Å²) < 4.78 is 4.64. The molecule has 2 rings (SSSR count). The lowest BCUT2D eigenvalue weighted by atomic mass is 9.93. The SMILES string of the molecule is C[C@@H](O)C[C@@H](CNC(=O)c1ccon1)c1ccccc1. The van der Waals surface area contributed by atoms with Crippen molar-refractivity contribution in [3.8, 4) is 0 Å². The van der Waals surface area contributed by atoms with E-state index in [2.05, 4.69) is 15.0 Å². The summed E-state index contributed by atoms with van der Waals surface area (Å²) >= 11 is 0. The van der Waals surface area contributed by atoms with Crippen LogP contribution in [0, 0.1) is 0 Å². The van der Waals surface area contributed by atoms with E-state index in [-0.39, 0.29) is 17.5 Å². The zero-order valence-electron chi connectivity index (χ0n) is 11.3. The van der Waals surface area contributed by atoms with Crippen molar-refractivity contribution in [2.24, 2.45) is 0 Å². The van der Waals surface area contributed by atoms with E-state index in [1.807, 2.05) is 30.3 Å². The van der Waals surface area contributed by atoms with E-state index in [1.165, 1.54) is 12.3 Å². The van der Waals surface area contributed by atoms with Gasteiger partial charge in [0.25, 0.3) is 5.91 Å². The standard InChI is InChI=1S/C15H18N2O3/c1-11(18)9-13(12-5-3-2-4-6-12)10-16-15(19)14-7-8-20-17-14/h2-8,11,13,18H,9-10H2,1H3,(H,16,19)/t11-,13+/m1/s1. The number of hydrogen-bond acceptors (Lipinski definition) is 4. The number of hydrogen-bond donors (Lipinski definition) is 2. The van der Waals surface area contributed by atoms with Gasteiger partial charge in [0.2, 0.25) is 0 Å². The highest BCUT2D eigenvalue weighted by atomic mass is 16.5. The van der Waals surface area contributed by atoms with Crippen LogP contribution < -0.4 is 5.32 Å². The third kappa shape index (κ3) is 3.93. The molecule has 1 aromatic carbocycles. The minimum Gasteiger partial charge on any atom is -0.393 e. The molecule has 2 aromatic rings. The Balaban J connectivity index is 2.00. The van der Waals surface area contributed by atoms with Gasteiger partial charge in [0.15, 0.2) is 5.69 Å². The fourth-order valence-corrected chi connectivity index (χ4v) is 2.11. The molecule has 0 bridgehead atoms. The molecule has 1 heterocycles. The lowest BCUT2D eigenvalue weighted by Crippen LogP contribution is -2.29. The molecule has 0 fully saturated rings. The van der Waals surface area contributed by atoms with Gasteiger partial charge in [-0.25, -0.2) is 0 Å². The summed E-state index contributed by atoms with van der Waals surface area (Å²) in [6.07, 6.45) is 1.52. The third-order valence-corrected chi connectivity index (χ3v) is 3.08. The van der Waals surface area contributed by atoms with E-state index >= 15 is 0 Å². The molecule has 0 saturated carbocycles. The van der Waals surface area contributed by atoms with Crippen molar-refractivity contribution in [2.45, 2.75) is 25.4 Å². The van der Waals surface area contributed by atoms with Crippen molar-refractivity contribution in [1.82, 2.24) is 10.5 Å². The lowest BCUT2D eigenvalue weighted by molar-refractivity contribution is 0.0936. The van der Waals surface area contributed by atoms with Gasteiger partial charge in [0.05, 0.1) is 6.10 Å². The van der Waals surface area contributed by atoms with Crippen molar-refractivity contribution in [2.75, 3.05) is 6.54 Å². The Kier molecular flexibility index (Phi) is 4.90. The number of nitrogens with zero attached hydrogens (tertiary/aromatic N) is 1. The van der Waals surface area contributed by atoms with E-state index in [9.17, 15) is 9.90 Å². The number of benzene rings is 1. The first-order chi connectivity index (χ1) is 9.66. The number of carbonyl (C=O) groups is 1. The first kappa shape index (κ1) is 14.3. The Morgan fingerprint density at radius 3 is 2.70 bits per heavy atom. The molecule has 1 amide bonds. The van der Waals surface area contributed by atoms with Gasteiger partial charge >= 0.3 is 0 Å². The summed E-state index contributed by atoms with van der Waals surface area (Å²) in [7, 11) is 0. The monoisotopic (exact) mass is 274 g/mol. The molecule has 0 aliphatic rings. The topological polar surface area (TPSA) is 75.4 Å². The van der Waals surface area contributed by atoms with Crippen molar-refractivity contribution < 1.29 is 14.4 Å². The maximum atomic E-state index is 11.8. The fourth-order valence-electron chi connectivity index (χ4n) is 2.11. The minimum atomic E-state index is -0.427. The second-order valence-corrected chi connectivity index (χ2v) is 4.79. The molecule has 0 aliphatic carbocycles. The Labute approximate surface area is 117 Å². The molecule has 5 nitrogen and oxygen atoms in total. The molecule has 20 heavy (non-hydrogen) atoms. The van der Waals surface area contributed by atoms with Crippen molar-refractivity contribution in [3.63, 3.8) is 0 Å². The largest absolute Gasteiger partial charge is 0.393 e.